The van der Waals surface area contributed by atoms with Crippen LogP contribution in [0.25, 0.3) is 0 Å². The van der Waals surface area contributed by atoms with E-state index >= 15 is 0 Å². The number of phenolic OH excluding ortho intramolecular Hbond substituents is 1. The van der Waals surface area contributed by atoms with Gasteiger partial charge in [-0.3, -0.25) is 9.59 Å². The van der Waals surface area contributed by atoms with Crippen molar-refractivity contribution in [2.45, 2.75) is 26.8 Å². The van der Waals surface area contributed by atoms with Gasteiger partial charge in [0.2, 0.25) is 5.91 Å². The molecule has 0 saturated heterocycles. The minimum Gasteiger partial charge on any atom is -0.507 e. The number of hydrogen-bond acceptors (Lipinski definition) is 3. The molecule has 0 aliphatic carbocycles. The molecule has 0 atom stereocenters. The lowest BCUT2D eigenvalue weighted by atomic mass is 10.1. The van der Waals surface area contributed by atoms with E-state index in [1.807, 2.05) is 13.8 Å². The third kappa shape index (κ3) is 4.42. The van der Waals surface area contributed by atoms with Crippen molar-refractivity contribution in [1.29, 1.82) is 0 Å². The van der Waals surface area contributed by atoms with E-state index in [0.29, 0.717) is 11.6 Å². The second-order valence-electron chi connectivity index (χ2n) is 4.70. The van der Waals surface area contributed by atoms with Crippen LogP contribution >= 0.6 is 11.6 Å². The van der Waals surface area contributed by atoms with Crippen molar-refractivity contribution in [2.24, 2.45) is 0 Å². The lowest BCUT2D eigenvalue weighted by Crippen LogP contribution is -2.42. The number of carbonyl (C=O) groups is 2. The highest BCUT2D eigenvalue weighted by molar-refractivity contribution is 6.31. The first-order valence-corrected chi connectivity index (χ1v) is 6.80. The van der Waals surface area contributed by atoms with E-state index in [9.17, 15) is 14.7 Å². The van der Waals surface area contributed by atoms with E-state index in [1.54, 1.807) is 6.92 Å². The number of rotatable bonds is 5. The number of amides is 2. The molecule has 0 spiro atoms. The molecule has 110 valence electrons. The van der Waals surface area contributed by atoms with Crippen LogP contribution in [0.15, 0.2) is 18.2 Å². The van der Waals surface area contributed by atoms with Gasteiger partial charge in [0, 0.05) is 17.6 Å². The lowest BCUT2D eigenvalue weighted by Gasteiger charge is -2.21. The molecular weight excluding hydrogens is 280 g/mol. The molecule has 1 rings (SSSR count). The number of carbonyl (C=O) groups excluding carboxylic acids is 2. The molecule has 2 N–H and O–H groups in total. The van der Waals surface area contributed by atoms with Crippen molar-refractivity contribution >= 4 is 23.4 Å². The van der Waals surface area contributed by atoms with Gasteiger partial charge in [0.1, 0.15) is 5.75 Å². The van der Waals surface area contributed by atoms with Crippen LogP contribution < -0.4 is 5.32 Å². The summed E-state index contributed by atoms with van der Waals surface area (Å²) in [5.74, 6) is -0.815. The lowest BCUT2D eigenvalue weighted by molar-refractivity contribution is -0.122. The maximum atomic E-state index is 12.3. The monoisotopic (exact) mass is 298 g/mol. The minimum atomic E-state index is -0.425. The van der Waals surface area contributed by atoms with Crippen molar-refractivity contribution in [1.82, 2.24) is 10.2 Å². The second kappa shape index (κ2) is 7.14. The van der Waals surface area contributed by atoms with Crippen LogP contribution in [-0.2, 0) is 4.79 Å². The van der Waals surface area contributed by atoms with E-state index < -0.39 is 5.91 Å². The fourth-order valence-corrected chi connectivity index (χ4v) is 1.89. The Labute approximate surface area is 123 Å². The van der Waals surface area contributed by atoms with Gasteiger partial charge in [-0.2, -0.15) is 0 Å². The van der Waals surface area contributed by atoms with Gasteiger partial charge < -0.3 is 15.3 Å². The summed E-state index contributed by atoms with van der Waals surface area (Å²) in [6.45, 7) is 5.76. The zero-order valence-electron chi connectivity index (χ0n) is 11.8. The molecule has 0 unspecified atom stereocenters. The maximum absolute atomic E-state index is 12.3. The highest BCUT2D eigenvalue weighted by Gasteiger charge is 2.20. The summed E-state index contributed by atoms with van der Waals surface area (Å²) in [5.41, 5.74) is 0.0942. The molecule has 0 fully saturated rings. The predicted molar refractivity (Wildman–Crippen MR) is 78.0 cm³/mol. The Hall–Kier alpha value is -1.75. The topological polar surface area (TPSA) is 69.6 Å². The smallest absolute Gasteiger partial charge is 0.258 e. The molecule has 1 aromatic carbocycles. The number of nitrogens with one attached hydrogen (secondary N) is 1. The number of likely N-dealkylation sites (N-methyl/N-ethyl adjacent to an activating group) is 1. The Balaban J connectivity index is 2.86. The van der Waals surface area contributed by atoms with Crippen molar-refractivity contribution in [3.8, 4) is 5.75 Å². The summed E-state index contributed by atoms with van der Waals surface area (Å²) in [5, 5.41) is 12.8. The standard InChI is InChI=1S/C14H19ClN2O3/c1-4-17(8-13(19)16-9(2)3)14(20)11-7-10(15)5-6-12(11)18/h5-7,9,18H,4,8H2,1-3H3,(H,16,19). The van der Waals surface area contributed by atoms with E-state index in [-0.39, 0.29) is 29.8 Å². The summed E-state index contributed by atoms with van der Waals surface area (Å²) in [4.78, 5) is 25.4. The number of phenols is 1. The first-order valence-electron chi connectivity index (χ1n) is 6.42. The molecule has 0 aliphatic rings. The van der Waals surface area contributed by atoms with Crippen molar-refractivity contribution in [3.63, 3.8) is 0 Å². The van der Waals surface area contributed by atoms with Gasteiger partial charge in [-0.05, 0) is 39.0 Å². The van der Waals surface area contributed by atoms with Crippen LogP contribution in [0.3, 0.4) is 0 Å². The molecule has 0 aliphatic heterocycles. The van der Waals surface area contributed by atoms with E-state index in [0.717, 1.165) is 0 Å². The first-order chi connectivity index (χ1) is 9.35. The third-order valence-corrected chi connectivity index (χ3v) is 2.88. The quantitative estimate of drug-likeness (QED) is 0.874. The molecular formula is C14H19ClN2O3. The van der Waals surface area contributed by atoms with Crippen LogP contribution in [0, 0.1) is 0 Å². The fraction of sp³-hybridized carbons (Fsp3) is 0.429. The van der Waals surface area contributed by atoms with Crippen LogP contribution in [0.5, 0.6) is 5.75 Å². The highest BCUT2D eigenvalue weighted by atomic mass is 35.5. The Morgan fingerprint density at radius 3 is 2.60 bits per heavy atom. The van der Waals surface area contributed by atoms with Gasteiger partial charge >= 0.3 is 0 Å². The van der Waals surface area contributed by atoms with E-state index in [4.69, 9.17) is 11.6 Å². The van der Waals surface area contributed by atoms with Gasteiger partial charge in [-0.15, -0.1) is 0 Å². The summed E-state index contributed by atoms with van der Waals surface area (Å²) in [6.07, 6.45) is 0. The molecule has 1 aromatic rings. The van der Waals surface area contributed by atoms with Crippen LogP contribution in [0.2, 0.25) is 5.02 Å². The minimum absolute atomic E-state index is 0.0101. The predicted octanol–water partition coefficient (Wildman–Crippen LogP) is 2.03. The molecule has 0 saturated carbocycles. The van der Waals surface area contributed by atoms with Gasteiger partial charge in [-0.1, -0.05) is 11.6 Å². The van der Waals surface area contributed by atoms with Gasteiger partial charge in [0.25, 0.3) is 5.91 Å². The molecule has 0 aromatic heterocycles. The number of nitrogens with zero attached hydrogens (tertiary/aromatic N) is 1. The van der Waals surface area contributed by atoms with Crippen molar-refractivity contribution in [3.05, 3.63) is 28.8 Å². The summed E-state index contributed by atoms with van der Waals surface area (Å²) in [6, 6.07) is 4.26. The highest BCUT2D eigenvalue weighted by Crippen LogP contribution is 2.22. The summed E-state index contributed by atoms with van der Waals surface area (Å²) < 4.78 is 0. The Kier molecular flexibility index (Phi) is 5.82. The van der Waals surface area contributed by atoms with E-state index in [1.165, 1.54) is 23.1 Å². The third-order valence-electron chi connectivity index (χ3n) is 2.64. The molecule has 0 radical (unpaired) electrons. The largest absolute Gasteiger partial charge is 0.507 e. The zero-order valence-corrected chi connectivity index (χ0v) is 12.6. The average Bonchev–Trinajstić information content (AvgIpc) is 2.37. The Bertz CT molecular complexity index is 503. The number of hydrogen-bond donors (Lipinski definition) is 2. The molecule has 6 heteroatoms. The van der Waals surface area contributed by atoms with Crippen LogP contribution in [0.1, 0.15) is 31.1 Å². The van der Waals surface area contributed by atoms with Crippen LogP contribution in [-0.4, -0.2) is 41.0 Å². The zero-order chi connectivity index (χ0) is 15.3. The SMILES string of the molecule is CCN(CC(=O)NC(C)C)C(=O)c1cc(Cl)ccc1O. The molecule has 5 nitrogen and oxygen atoms in total. The van der Waals surface area contributed by atoms with E-state index in [2.05, 4.69) is 5.32 Å². The Morgan fingerprint density at radius 2 is 2.05 bits per heavy atom. The molecule has 2 amide bonds. The number of benzene rings is 1. The normalized spacial score (nSPS) is 10.4. The van der Waals surface area contributed by atoms with Gasteiger partial charge in [-0.25, -0.2) is 0 Å². The molecule has 20 heavy (non-hydrogen) atoms. The maximum Gasteiger partial charge on any atom is 0.258 e. The Morgan fingerprint density at radius 1 is 1.40 bits per heavy atom. The number of halogens is 1. The van der Waals surface area contributed by atoms with Gasteiger partial charge in [0.15, 0.2) is 0 Å². The number of aromatic hydroxyl groups is 1. The fourth-order valence-electron chi connectivity index (χ4n) is 1.72. The second-order valence-corrected chi connectivity index (χ2v) is 5.14. The van der Waals surface area contributed by atoms with Crippen LogP contribution in [0.4, 0.5) is 0 Å². The summed E-state index contributed by atoms with van der Waals surface area (Å²) >= 11 is 5.82. The summed E-state index contributed by atoms with van der Waals surface area (Å²) in [7, 11) is 0. The van der Waals surface area contributed by atoms with Crippen molar-refractivity contribution < 1.29 is 14.7 Å². The molecule has 0 bridgehead atoms. The average molecular weight is 299 g/mol. The first kappa shape index (κ1) is 16.3. The van der Waals surface area contributed by atoms with Crippen molar-refractivity contribution in [2.75, 3.05) is 13.1 Å². The molecule has 0 heterocycles. The van der Waals surface area contributed by atoms with Gasteiger partial charge in [0.05, 0.1) is 12.1 Å².